The first-order valence-corrected chi connectivity index (χ1v) is 4.94. The van der Waals surface area contributed by atoms with E-state index in [1.165, 1.54) is 0 Å². The van der Waals surface area contributed by atoms with Crippen molar-refractivity contribution in [1.29, 1.82) is 5.26 Å². The average molecular weight is 211 g/mol. The highest BCUT2D eigenvalue weighted by molar-refractivity contribution is 5.59. The maximum atomic E-state index is 9.92. The van der Waals surface area contributed by atoms with Gasteiger partial charge < -0.3 is 0 Å². The summed E-state index contributed by atoms with van der Waals surface area (Å²) in [7, 11) is 0. The lowest BCUT2D eigenvalue weighted by molar-refractivity contribution is -0.898. The third-order valence-electron chi connectivity index (χ3n) is 2.47. The Labute approximate surface area is 93.8 Å². The predicted molar refractivity (Wildman–Crippen MR) is 58.7 cm³/mol. The molecule has 0 saturated carbocycles. The van der Waals surface area contributed by atoms with Crippen LogP contribution >= 0.6 is 0 Å². The van der Waals surface area contributed by atoms with Gasteiger partial charge in [-0.05, 0) is 25.1 Å². The van der Waals surface area contributed by atoms with Crippen LogP contribution in [0.25, 0.3) is 11.3 Å². The van der Waals surface area contributed by atoms with Gasteiger partial charge in [0.2, 0.25) is 0 Å². The second-order valence-electron chi connectivity index (χ2n) is 3.54. The first kappa shape index (κ1) is 10.2. The Morgan fingerprint density at radius 2 is 1.81 bits per heavy atom. The zero-order valence-electron chi connectivity index (χ0n) is 8.88. The molecule has 0 fully saturated rings. The minimum absolute atomic E-state index is 0.226. The molecule has 1 aromatic carbocycles. The van der Waals surface area contributed by atoms with Gasteiger partial charge in [0.25, 0.3) is 5.69 Å². The Kier molecular flexibility index (Phi) is 2.57. The lowest BCUT2D eigenvalue weighted by atomic mass is 10.1. The molecule has 0 unspecified atom stereocenters. The largest absolute Gasteiger partial charge is 0.334 e. The van der Waals surface area contributed by atoms with E-state index in [0.29, 0.717) is 5.69 Å². The van der Waals surface area contributed by atoms with Crippen molar-refractivity contribution in [2.75, 3.05) is 0 Å². The van der Waals surface area contributed by atoms with Crippen LogP contribution in [0.4, 0.5) is 0 Å². The Bertz CT molecular complexity index is 556. The van der Waals surface area contributed by atoms with Crippen LogP contribution < -0.4 is 4.73 Å². The maximum Gasteiger partial charge on any atom is 0.334 e. The van der Waals surface area contributed by atoms with Crippen LogP contribution in [-0.2, 0) is 0 Å². The number of benzene rings is 1. The zero-order valence-corrected chi connectivity index (χ0v) is 8.88. The third kappa shape index (κ3) is 1.61. The van der Waals surface area contributed by atoms with Crippen molar-refractivity contribution >= 4 is 0 Å². The first-order chi connectivity index (χ1) is 7.74. The van der Waals surface area contributed by atoms with E-state index in [0.717, 1.165) is 15.9 Å². The van der Waals surface area contributed by atoms with E-state index in [1.54, 1.807) is 6.07 Å². The zero-order chi connectivity index (χ0) is 11.5. The Morgan fingerprint density at radius 1 is 1.12 bits per heavy atom. The molecule has 0 atom stereocenters. The quantitative estimate of drug-likeness (QED) is 0.579. The molecule has 16 heavy (non-hydrogen) atoms. The highest BCUT2D eigenvalue weighted by atomic mass is 16.5. The molecule has 3 heteroatoms. The fraction of sp³-hybridized carbons (Fsp3) is 0.0769. The number of hydrogen-bond acceptors (Lipinski definition) is 2. The number of nitrogens with zero attached hydrogens (tertiary/aromatic N) is 2. The minimum Gasteiger partial charge on any atom is -0.283 e. The molecule has 0 aliphatic rings. The van der Waals surface area contributed by atoms with Gasteiger partial charge in [0.1, 0.15) is 0 Å². The van der Waals surface area contributed by atoms with Crippen LogP contribution in [0.5, 0.6) is 0 Å². The smallest absolute Gasteiger partial charge is 0.283 e. The molecule has 78 valence electrons. The molecule has 2 aromatic rings. The number of aryl methyl sites for hydroxylation is 1. The van der Waals surface area contributed by atoms with Crippen molar-refractivity contribution in [3.8, 4) is 17.3 Å². The molecule has 0 radical (unpaired) electrons. The molecule has 1 heterocycles. The number of aromatic nitrogens is 1. The third-order valence-corrected chi connectivity index (χ3v) is 2.47. The number of pyridine rings is 1. The molecule has 0 amide bonds. The van der Waals surface area contributed by atoms with E-state index in [4.69, 9.17) is 5.26 Å². The van der Waals surface area contributed by atoms with Gasteiger partial charge in [0.15, 0.2) is 6.07 Å². The summed E-state index contributed by atoms with van der Waals surface area (Å²) in [6, 6.07) is 14.9. The van der Waals surface area contributed by atoms with E-state index in [9.17, 15) is 5.21 Å². The van der Waals surface area contributed by atoms with E-state index in [1.807, 2.05) is 49.4 Å². The Hall–Kier alpha value is -2.34. The highest BCUT2D eigenvalue weighted by Gasteiger charge is 2.20. The molecule has 0 aliphatic heterocycles. The van der Waals surface area contributed by atoms with Gasteiger partial charge in [0, 0.05) is 16.4 Å². The Morgan fingerprint density at radius 3 is 2.44 bits per heavy atom. The summed E-state index contributed by atoms with van der Waals surface area (Å²) in [6.07, 6.45) is 0. The Balaban J connectivity index is 2.70. The fourth-order valence-corrected chi connectivity index (χ4v) is 1.67. The van der Waals surface area contributed by atoms with Crippen LogP contribution in [0.15, 0.2) is 42.5 Å². The number of nitriles is 1. The molecule has 1 N–H and O–H groups in total. The van der Waals surface area contributed by atoms with Gasteiger partial charge in [-0.15, -0.1) is 0 Å². The van der Waals surface area contributed by atoms with Crippen molar-refractivity contribution in [3.63, 3.8) is 0 Å². The second kappa shape index (κ2) is 4.03. The molecule has 0 aliphatic carbocycles. The lowest BCUT2D eigenvalue weighted by Crippen LogP contribution is -2.37. The summed E-state index contributed by atoms with van der Waals surface area (Å²) in [4.78, 5) is 0. The molecule has 0 bridgehead atoms. The summed E-state index contributed by atoms with van der Waals surface area (Å²) >= 11 is 0. The first-order valence-electron chi connectivity index (χ1n) is 4.94. The normalized spacial score (nSPS) is 9.75. The fourth-order valence-electron chi connectivity index (χ4n) is 1.67. The van der Waals surface area contributed by atoms with Gasteiger partial charge in [-0.2, -0.15) is 5.26 Å². The number of hydrogen-bond donors (Lipinski definition) is 1. The summed E-state index contributed by atoms with van der Waals surface area (Å²) in [6.45, 7) is 1.90. The van der Waals surface area contributed by atoms with Crippen molar-refractivity contribution in [3.05, 3.63) is 53.7 Å². The highest BCUT2D eigenvalue weighted by Crippen LogP contribution is 2.18. The van der Waals surface area contributed by atoms with Crippen molar-refractivity contribution < 1.29 is 9.94 Å². The molecule has 1 aromatic heterocycles. The average Bonchev–Trinajstić information content (AvgIpc) is 2.31. The number of rotatable bonds is 1. The van der Waals surface area contributed by atoms with E-state index < -0.39 is 0 Å². The van der Waals surface area contributed by atoms with Crippen molar-refractivity contribution in [2.24, 2.45) is 0 Å². The SMILES string of the molecule is Cc1ccc(C#N)[n+](O)c1-c1ccccc1. The van der Waals surface area contributed by atoms with Gasteiger partial charge in [-0.3, -0.25) is 5.21 Å². The van der Waals surface area contributed by atoms with Crippen molar-refractivity contribution in [2.45, 2.75) is 6.92 Å². The summed E-state index contributed by atoms with van der Waals surface area (Å²) < 4.78 is 0.935. The van der Waals surface area contributed by atoms with Crippen LogP contribution in [-0.4, -0.2) is 5.21 Å². The van der Waals surface area contributed by atoms with Crippen LogP contribution in [0, 0.1) is 18.3 Å². The van der Waals surface area contributed by atoms with E-state index in [2.05, 4.69) is 0 Å². The monoisotopic (exact) mass is 211 g/mol. The summed E-state index contributed by atoms with van der Waals surface area (Å²) in [5, 5.41) is 18.8. The second-order valence-corrected chi connectivity index (χ2v) is 3.54. The summed E-state index contributed by atoms with van der Waals surface area (Å²) in [5.41, 5.74) is 2.69. The standard InChI is InChI=1S/C13H11N2O/c1-10-7-8-12(9-14)15(16)13(10)11-5-3-2-4-6-11/h2-8,16H,1H3/q+1. The molecule has 2 rings (SSSR count). The summed E-state index contributed by atoms with van der Waals surface area (Å²) in [5.74, 6) is 0. The van der Waals surface area contributed by atoms with Gasteiger partial charge in [-0.25, -0.2) is 0 Å². The van der Waals surface area contributed by atoms with Gasteiger partial charge in [0.05, 0.1) is 5.56 Å². The van der Waals surface area contributed by atoms with Crippen LogP contribution in [0.1, 0.15) is 11.3 Å². The molecule has 0 spiro atoms. The van der Waals surface area contributed by atoms with Crippen molar-refractivity contribution in [1.82, 2.24) is 0 Å². The molecule has 0 saturated heterocycles. The topological polar surface area (TPSA) is 47.9 Å². The molecular formula is C13H11N2O+. The maximum absolute atomic E-state index is 9.92. The lowest BCUT2D eigenvalue weighted by Gasteiger charge is -2.01. The van der Waals surface area contributed by atoms with Gasteiger partial charge >= 0.3 is 5.69 Å². The van der Waals surface area contributed by atoms with E-state index >= 15 is 0 Å². The van der Waals surface area contributed by atoms with Gasteiger partial charge in [-0.1, -0.05) is 18.2 Å². The van der Waals surface area contributed by atoms with E-state index in [-0.39, 0.29) is 5.69 Å². The van der Waals surface area contributed by atoms with Crippen LogP contribution in [0.2, 0.25) is 0 Å². The minimum atomic E-state index is 0.226. The molecule has 3 nitrogen and oxygen atoms in total. The van der Waals surface area contributed by atoms with Crippen LogP contribution in [0.3, 0.4) is 0 Å². The predicted octanol–water partition coefficient (Wildman–Crippen LogP) is 2.06. The molecular weight excluding hydrogens is 200 g/mol.